The summed E-state index contributed by atoms with van der Waals surface area (Å²) in [5.41, 5.74) is 6.16. The number of hydrogen-bond donors (Lipinski definition) is 1. The van der Waals surface area contributed by atoms with Crippen LogP contribution in [0.4, 0.5) is 0 Å². The molecule has 19 heavy (non-hydrogen) atoms. The van der Waals surface area contributed by atoms with E-state index in [1.54, 1.807) is 0 Å². The lowest BCUT2D eigenvalue weighted by Gasteiger charge is -2.24. The van der Waals surface area contributed by atoms with E-state index in [0.717, 1.165) is 25.0 Å². The summed E-state index contributed by atoms with van der Waals surface area (Å²) in [4.78, 5) is 12.3. The second-order valence-corrected chi connectivity index (χ2v) is 5.48. The molecule has 0 aliphatic rings. The fraction of sp³-hybridized carbons (Fsp3) is 0.733. The summed E-state index contributed by atoms with van der Waals surface area (Å²) < 4.78 is 1.98. The molecule has 1 rings (SSSR count). The third-order valence-corrected chi connectivity index (χ3v) is 4.23. The molecule has 4 nitrogen and oxygen atoms in total. The summed E-state index contributed by atoms with van der Waals surface area (Å²) in [7, 11) is 0. The van der Waals surface area contributed by atoms with Gasteiger partial charge in [0, 0.05) is 18.2 Å². The first-order chi connectivity index (χ1) is 9.00. The molecule has 0 saturated carbocycles. The minimum Gasteiger partial charge on any atom is -0.329 e. The molecular formula is C15H27N3O. The molecule has 0 saturated heterocycles. The predicted molar refractivity (Wildman–Crippen MR) is 78.0 cm³/mol. The number of nitrogens with two attached hydrogens (primary N) is 1. The standard InChI is InChI=1S/C15H27N3O/c1-5-13(6-2)18-9-8-12(17-18)10-14(19)15(4,7-3)11-16/h8-9,13H,5-7,10-11,16H2,1-4H3. The summed E-state index contributed by atoms with van der Waals surface area (Å²) in [6.45, 7) is 8.66. The van der Waals surface area contributed by atoms with Crippen LogP contribution >= 0.6 is 0 Å². The molecule has 0 spiro atoms. The van der Waals surface area contributed by atoms with E-state index in [4.69, 9.17) is 5.73 Å². The Balaban J connectivity index is 2.76. The van der Waals surface area contributed by atoms with Gasteiger partial charge in [-0.25, -0.2) is 0 Å². The molecule has 1 unspecified atom stereocenters. The third kappa shape index (κ3) is 3.66. The van der Waals surface area contributed by atoms with E-state index in [-0.39, 0.29) is 5.78 Å². The molecule has 0 bridgehead atoms. The minimum atomic E-state index is -0.418. The summed E-state index contributed by atoms with van der Waals surface area (Å²) >= 11 is 0. The van der Waals surface area contributed by atoms with Gasteiger partial charge >= 0.3 is 0 Å². The summed E-state index contributed by atoms with van der Waals surface area (Å²) in [5, 5.41) is 4.53. The van der Waals surface area contributed by atoms with Crippen LogP contribution in [0.2, 0.25) is 0 Å². The number of carbonyl (C=O) groups excluding carboxylic acids is 1. The Hall–Kier alpha value is -1.16. The van der Waals surface area contributed by atoms with Gasteiger partial charge in [-0.15, -0.1) is 0 Å². The molecule has 0 radical (unpaired) electrons. The van der Waals surface area contributed by atoms with E-state index in [2.05, 4.69) is 18.9 Å². The minimum absolute atomic E-state index is 0.187. The third-order valence-electron chi connectivity index (χ3n) is 4.23. The SMILES string of the molecule is CCC(CC)n1ccc(CC(=O)C(C)(CC)CN)n1. The molecule has 108 valence electrons. The average Bonchev–Trinajstić information content (AvgIpc) is 2.87. The fourth-order valence-corrected chi connectivity index (χ4v) is 2.17. The molecule has 1 aromatic heterocycles. The lowest BCUT2D eigenvalue weighted by atomic mass is 9.81. The fourth-order valence-electron chi connectivity index (χ4n) is 2.17. The highest BCUT2D eigenvalue weighted by Gasteiger charge is 2.29. The van der Waals surface area contributed by atoms with E-state index in [1.165, 1.54) is 0 Å². The Morgan fingerprint density at radius 3 is 2.53 bits per heavy atom. The second kappa shape index (κ2) is 6.85. The molecule has 0 amide bonds. The zero-order chi connectivity index (χ0) is 14.5. The van der Waals surface area contributed by atoms with Crippen LogP contribution in [-0.2, 0) is 11.2 Å². The summed E-state index contributed by atoms with van der Waals surface area (Å²) in [5.74, 6) is 0.187. The van der Waals surface area contributed by atoms with Gasteiger partial charge < -0.3 is 5.73 Å². The zero-order valence-electron chi connectivity index (χ0n) is 12.6. The molecule has 4 heteroatoms. The lowest BCUT2D eigenvalue weighted by molar-refractivity contribution is -0.127. The van der Waals surface area contributed by atoms with Crippen molar-refractivity contribution >= 4 is 5.78 Å². The van der Waals surface area contributed by atoms with Crippen LogP contribution in [0.5, 0.6) is 0 Å². The Morgan fingerprint density at radius 2 is 2.05 bits per heavy atom. The maximum Gasteiger partial charge on any atom is 0.146 e. The van der Waals surface area contributed by atoms with E-state index in [9.17, 15) is 4.79 Å². The second-order valence-electron chi connectivity index (χ2n) is 5.48. The van der Waals surface area contributed by atoms with E-state index in [1.807, 2.05) is 30.8 Å². The van der Waals surface area contributed by atoms with Gasteiger partial charge in [-0.3, -0.25) is 9.48 Å². The van der Waals surface area contributed by atoms with Crippen LogP contribution in [0, 0.1) is 5.41 Å². The average molecular weight is 265 g/mol. The Kier molecular flexibility index (Phi) is 5.73. The van der Waals surface area contributed by atoms with Gasteiger partial charge in [0.2, 0.25) is 0 Å². The van der Waals surface area contributed by atoms with E-state index < -0.39 is 5.41 Å². The van der Waals surface area contributed by atoms with Crippen LogP contribution in [0.25, 0.3) is 0 Å². The van der Waals surface area contributed by atoms with Crippen LogP contribution in [-0.4, -0.2) is 22.1 Å². The molecule has 0 aliphatic heterocycles. The highest BCUT2D eigenvalue weighted by Crippen LogP contribution is 2.23. The predicted octanol–water partition coefficient (Wildman–Crippen LogP) is 2.73. The molecular weight excluding hydrogens is 238 g/mol. The maximum atomic E-state index is 12.3. The lowest BCUT2D eigenvalue weighted by Crippen LogP contribution is -2.36. The van der Waals surface area contributed by atoms with Crippen molar-refractivity contribution in [1.82, 2.24) is 9.78 Å². The van der Waals surface area contributed by atoms with E-state index >= 15 is 0 Å². The normalized spacial score (nSPS) is 14.6. The maximum absolute atomic E-state index is 12.3. The van der Waals surface area contributed by atoms with Gasteiger partial charge in [0.05, 0.1) is 18.2 Å². The highest BCUT2D eigenvalue weighted by molar-refractivity contribution is 5.86. The van der Waals surface area contributed by atoms with Gasteiger partial charge in [0.1, 0.15) is 5.78 Å². The summed E-state index contributed by atoms with van der Waals surface area (Å²) in [6.07, 6.45) is 5.25. The van der Waals surface area contributed by atoms with Gasteiger partial charge in [-0.1, -0.05) is 27.7 Å². The topological polar surface area (TPSA) is 60.9 Å². The highest BCUT2D eigenvalue weighted by atomic mass is 16.1. The molecule has 0 aromatic carbocycles. The smallest absolute Gasteiger partial charge is 0.146 e. The number of ketones is 1. The molecule has 1 atom stereocenters. The van der Waals surface area contributed by atoms with E-state index in [0.29, 0.717) is 19.0 Å². The molecule has 1 heterocycles. The largest absolute Gasteiger partial charge is 0.329 e. The quantitative estimate of drug-likeness (QED) is 0.786. The van der Waals surface area contributed by atoms with Crippen molar-refractivity contribution in [2.24, 2.45) is 11.1 Å². The number of carbonyl (C=O) groups is 1. The van der Waals surface area contributed by atoms with Gasteiger partial charge in [0.25, 0.3) is 0 Å². The Bertz CT molecular complexity index is 403. The van der Waals surface area contributed by atoms with Gasteiger partial charge in [0.15, 0.2) is 0 Å². The first-order valence-corrected chi connectivity index (χ1v) is 7.28. The zero-order valence-corrected chi connectivity index (χ0v) is 12.6. The number of hydrogen-bond acceptors (Lipinski definition) is 3. The van der Waals surface area contributed by atoms with Crippen LogP contribution in [0.3, 0.4) is 0 Å². The Morgan fingerprint density at radius 1 is 1.42 bits per heavy atom. The van der Waals surface area contributed by atoms with Crippen LogP contribution in [0.1, 0.15) is 58.7 Å². The van der Waals surface area contributed by atoms with Gasteiger partial charge in [-0.2, -0.15) is 5.10 Å². The van der Waals surface area contributed by atoms with Crippen molar-refractivity contribution < 1.29 is 4.79 Å². The monoisotopic (exact) mass is 265 g/mol. The Labute approximate surface area is 116 Å². The van der Waals surface area contributed by atoms with Crippen LogP contribution in [0.15, 0.2) is 12.3 Å². The molecule has 0 fully saturated rings. The van der Waals surface area contributed by atoms with Crippen molar-refractivity contribution in [3.8, 4) is 0 Å². The summed E-state index contributed by atoms with van der Waals surface area (Å²) in [6, 6.07) is 2.37. The number of nitrogens with zero attached hydrogens (tertiary/aromatic N) is 2. The van der Waals surface area contributed by atoms with Crippen molar-refractivity contribution in [2.75, 3.05) is 6.54 Å². The van der Waals surface area contributed by atoms with Crippen molar-refractivity contribution in [3.63, 3.8) is 0 Å². The van der Waals surface area contributed by atoms with Crippen molar-refractivity contribution in [1.29, 1.82) is 0 Å². The van der Waals surface area contributed by atoms with Gasteiger partial charge in [-0.05, 0) is 25.3 Å². The van der Waals surface area contributed by atoms with Crippen LogP contribution < -0.4 is 5.73 Å². The number of Topliss-reactive ketones (excluding diaryl/α,β-unsaturated/α-hetero) is 1. The number of rotatable bonds is 8. The molecule has 1 aromatic rings. The molecule has 0 aliphatic carbocycles. The van der Waals surface area contributed by atoms with Crippen molar-refractivity contribution in [3.05, 3.63) is 18.0 Å². The first kappa shape index (κ1) is 15.9. The molecule has 2 N–H and O–H groups in total. The number of aromatic nitrogens is 2. The first-order valence-electron chi connectivity index (χ1n) is 7.28. The van der Waals surface area contributed by atoms with Crippen molar-refractivity contribution in [2.45, 2.75) is 59.4 Å².